The van der Waals surface area contributed by atoms with Crippen LogP contribution < -0.4 is 14.4 Å². The Labute approximate surface area is 154 Å². The van der Waals surface area contributed by atoms with Crippen LogP contribution in [0.1, 0.15) is 25.5 Å². The number of para-hydroxylation sites is 1. The summed E-state index contributed by atoms with van der Waals surface area (Å²) in [6.07, 6.45) is 1.09. The fraction of sp³-hybridized carbons (Fsp3) is 0.316. The number of hydrogen-bond acceptors (Lipinski definition) is 4. The van der Waals surface area contributed by atoms with E-state index in [0.29, 0.717) is 5.69 Å². The quantitative estimate of drug-likeness (QED) is 0.806. The maximum Gasteiger partial charge on any atom is 0.244 e. The summed E-state index contributed by atoms with van der Waals surface area (Å²) in [6, 6.07) is 14.8. The van der Waals surface area contributed by atoms with E-state index in [1.807, 2.05) is 31.2 Å². The Morgan fingerprint density at radius 2 is 1.62 bits per heavy atom. The summed E-state index contributed by atoms with van der Waals surface area (Å²) < 4.78 is 30.7. The second kappa shape index (κ2) is 8.23. The van der Waals surface area contributed by atoms with Crippen LogP contribution in [-0.4, -0.2) is 33.7 Å². The standard InChI is InChI=1S/C19H24N2O4S/c1-14(16-10-12-18(25-3)13-11-16)20-19(22)15(2)21(26(4,23)24)17-8-6-5-7-9-17/h5-15H,1-4H3,(H,20,22)/t14-,15-/m0/s1. The molecule has 2 rings (SSSR count). The van der Waals surface area contributed by atoms with Gasteiger partial charge in [-0.25, -0.2) is 8.42 Å². The normalized spacial score (nSPS) is 13.5. The lowest BCUT2D eigenvalue weighted by Crippen LogP contribution is -2.48. The van der Waals surface area contributed by atoms with Crippen LogP contribution in [0.2, 0.25) is 0 Å². The predicted molar refractivity (Wildman–Crippen MR) is 103 cm³/mol. The number of anilines is 1. The predicted octanol–water partition coefficient (Wildman–Crippen LogP) is 2.73. The molecule has 6 nitrogen and oxygen atoms in total. The van der Waals surface area contributed by atoms with Gasteiger partial charge in [0, 0.05) is 0 Å². The summed E-state index contributed by atoms with van der Waals surface area (Å²) in [5, 5.41) is 2.87. The minimum absolute atomic E-state index is 0.270. The van der Waals surface area contributed by atoms with Gasteiger partial charge in [-0.1, -0.05) is 30.3 Å². The van der Waals surface area contributed by atoms with E-state index in [0.717, 1.165) is 21.9 Å². The highest BCUT2D eigenvalue weighted by Gasteiger charge is 2.29. The zero-order valence-electron chi connectivity index (χ0n) is 15.3. The van der Waals surface area contributed by atoms with Gasteiger partial charge in [0.25, 0.3) is 0 Å². The van der Waals surface area contributed by atoms with Crippen molar-refractivity contribution in [2.24, 2.45) is 0 Å². The van der Waals surface area contributed by atoms with Gasteiger partial charge in [0.15, 0.2) is 0 Å². The minimum Gasteiger partial charge on any atom is -0.497 e. The van der Waals surface area contributed by atoms with Crippen molar-refractivity contribution in [3.05, 3.63) is 60.2 Å². The van der Waals surface area contributed by atoms with Crippen molar-refractivity contribution in [2.45, 2.75) is 25.9 Å². The average Bonchev–Trinajstić information content (AvgIpc) is 2.61. The first kappa shape index (κ1) is 19.8. The van der Waals surface area contributed by atoms with Gasteiger partial charge in [-0.15, -0.1) is 0 Å². The molecule has 140 valence electrons. The average molecular weight is 376 g/mol. The number of sulfonamides is 1. The van der Waals surface area contributed by atoms with Crippen LogP contribution in [0.4, 0.5) is 5.69 Å². The topological polar surface area (TPSA) is 75.7 Å². The van der Waals surface area contributed by atoms with Crippen molar-refractivity contribution in [3.63, 3.8) is 0 Å². The molecule has 0 aromatic heterocycles. The molecule has 0 fully saturated rings. The molecule has 1 amide bonds. The van der Waals surface area contributed by atoms with Crippen molar-refractivity contribution in [1.29, 1.82) is 0 Å². The molecule has 2 atom stereocenters. The van der Waals surface area contributed by atoms with Gasteiger partial charge in [-0.05, 0) is 43.7 Å². The highest BCUT2D eigenvalue weighted by molar-refractivity contribution is 7.92. The van der Waals surface area contributed by atoms with E-state index < -0.39 is 16.1 Å². The Hall–Kier alpha value is -2.54. The molecule has 0 aliphatic heterocycles. The number of hydrogen-bond donors (Lipinski definition) is 1. The van der Waals surface area contributed by atoms with E-state index >= 15 is 0 Å². The van der Waals surface area contributed by atoms with Gasteiger partial charge in [0.2, 0.25) is 15.9 Å². The van der Waals surface area contributed by atoms with Gasteiger partial charge in [-0.2, -0.15) is 0 Å². The number of carbonyl (C=O) groups excluding carboxylic acids is 1. The Morgan fingerprint density at radius 1 is 1.04 bits per heavy atom. The summed E-state index contributed by atoms with van der Waals surface area (Å²) in [7, 11) is -2.03. The molecule has 1 N–H and O–H groups in total. The minimum atomic E-state index is -3.62. The van der Waals surface area contributed by atoms with Crippen LogP contribution in [0.5, 0.6) is 5.75 Å². The molecule has 0 spiro atoms. The van der Waals surface area contributed by atoms with E-state index in [1.165, 1.54) is 0 Å². The third-order valence-electron chi connectivity index (χ3n) is 4.07. The molecular formula is C19H24N2O4S. The van der Waals surface area contributed by atoms with Crippen LogP contribution in [0.15, 0.2) is 54.6 Å². The van der Waals surface area contributed by atoms with Crippen molar-refractivity contribution in [1.82, 2.24) is 5.32 Å². The molecule has 0 aliphatic carbocycles. The van der Waals surface area contributed by atoms with E-state index in [4.69, 9.17) is 4.74 Å². The van der Waals surface area contributed by atoms with Crippen molar-refractivity contribution >= 4 is 21.6 Å². The molecule has 2 aromatic rings. The zero-order chi connectivity index (χ0) is 19.3. The molecule has 0 saturated heterocycles. The van der Waals surface area contributed by atoms with E-state index in [1.54, 1.807) is 44.4 Å². The molecule has 0 unspecified atom stereocenters. The smallest absolute Gasteiger partial charge is 0.244 e. The maximum absolute atomic E-state index is 12.7. The lowest BCUT2D eigenvalue weighted by molar-refractivity contribution is -0.122. The number of carbonyl (C=O) groups is 1. The highest BCUT2D eigenvalue weighted by atomic mass is 32.2. The summed E-state index contributed by atoms with van der Waals surface area (Å²) >= 11 is 0. The Kier molecular flexibility index (Phi) is 6.26. The van der Waals surface area contributed by atoms with Crippen LogP contribution in [0.25, 0.3) is 0 Å². The molecule has 0 radical (unpaired) electrons. The van der Waals surface area contributed by atoms with Crippen molar-refractivity contribution in [2.75, 3.05) is 17.7 Å². The summed E-state index contributed by atoms with van der Waals surface area (Å²) in [6.45, 7) is 3.42. The summed E-state index contributed by atoms with van der Waals surface area (Å²) in [5.41, 5.74) is 1.35. The Balaban J connectivity index is 2.18. The second-order valence-corrected chi connectivity index (χ2v) is 7.93. The van der Waals surface area contributed by atoms with Crippen LogP contribution in [0, 0.1) is 0 Å². The van der Waals surface area contributed by atoms with Crippen LogP contribution >= 0.6 is 0 Å². The van der Waals surface area contributed by atoms with Crippen molar-refractivity contribution in [3.8, 4) is 5.75 Å². The van der Waals surface area contributed by atoms with E-state index in [9.17, 15) is 13.2 Å². The first-order valence-corrected chi connectivity index (χ1v) is 10.1. The summed E-state index contributed by atoms with van der Waals surface area (Å²) in [5.74, 6) is 0.357. The Morgan fingerprint density at radius 3 is 2.12 bits per heavy atom. The number of methoxy groups -OCH3 is 1. The summed E-state index contributed by atoms with van der Waals surface area (Å²) in [4.78, 5) is 12.7. The molecule has 2 aromatic carbocycles. The third kappa shape index (κ3) is 4.76. The largest absolute Gasteiger partial charge is 0.497 e. The van der Waals surface area contributed by atoms with Crippen molar-refractivity contribution < 1.29 is 17.9 Å². The highest BCUT2D eigenvalue weighted by Crippen LogP contribution is 2.22. The van der Waals surface area contributed by atoms with Gasteiger partial charge in [-0.3, -0.25) is 9.10 Å². The molecule has 0 heterocycles. The fourth-order valence-electron chi connectivity index (χ4n) is 2.69. The molecule has 0 saturated carbocycles. The zero-order valence-corrected chi connectivity index (χ0v) is 16.2. The second-order valence-electron chi connectivity index (χ2n) is 6.07. The van der Waals surface area contributed by atoms with Crippen LogP contribution in [-0.2, 0) is 14.8 Å². The van der Waals surface area contributed by atoms with Gasteiger partial charge in [0.05, 0.1) is 25.1 Å². The first-order chi connectivity index (χ1) is 12.2. The number of benzene rings is 2. The number of rotatable bonds is 7. The molecular weight excluding hydrogens is 352 g/mol. The Bertz CT molecular complexity index is 836. The van der Waals surface area contributed by atoms with E-state index in [-0.39, 0.29) is 11.9 Å². The number of ether oxygens (including phenoxy) is 1. The van der Waals surface area contributed by atoms with Gasteiger partial charge >= 0.3 is 0 Å². The number of nitrogens with one attached hydrogen (secondary N) is 1. The first-order valence-electron chi connectivity index (χ1n) is 8.23. The van der Waals surface area contributed by atoms with Crippen LogP contribution in [0.3, 0.4) is 0 Å². The third-order valence-corrected chi connectivity index (χ3v) is 5.32. The monoisotopic (exact) mass is 376 g/mol. The van der Waals surface area contributed by atoms with E-state index in [2.05, 4.69) is 5.32 Å². The maximum atomic E-state index is 12.7. The van der Waals surface area contributed by atoms with Gasteiger partial charge in [0.1, 0.15) is 11.8 Å². The molecule has 0 aliphatic rings. The fourth-order valence-corrected chi connectivity index (χ4v) is 3.87. The molecule has 26 heavy (non-hydrogen) atoms. The molecule has 7 heteroatoms. The SMILES string of the molecule is COc1ccc([C@H](C)NC(=O)[C@H](C)N(c2ccccc2)S(C)(=O)=O)cc1. The lowest BCUT2D eigenvalue weighted by Gasteiger charge is -2.29. The number of amides is 1. The van der Waals surface area contributed by atoms with Gasteiger partial charge < -0.3 is 10.1 Å². The molecule has 0 bridgehead atoms. The number of nitrogens with zero attached hydrogens (tertiary/aromatic N) is 1. The lowest BCUT2D eigenvalue weighted by atomic mass is 10.1.